The maximum absolute atomic E-state index is 12.0. The molecule has 3 atom stereocenters. The molecule has 0 saturated heterocycles. The van der Waals surface area contributed by atoms with Gasteiger partial charge < -0.3 is 10.4 Å². The molecule has 0 aromatic heterocycles. The number of benzene rings is 1. The summed E-state index contributed by atoms with van der Waals surface area (Å²) in [4.78, 5) is 22.8. The summed E-state index contributed by atoms with van der Waals surface area (Å²) in [5.41, 5.74) is 0.729. The Hall–Kier alpha value is -1.84. The van der Waals surface area contributed by atoms with Crippen molar-refractivity contribution in [3.05, 3.63) is 35.4 Å². The standard InChI is InChI=1S/C16H19NO3/c18-15(11-3-5-12(6-4-11)16(19)20)17-9-14-8-10-1-2-13(14)7-10/h3-6,10,13-14H,1-2,7-9H2,(H,17,18)(H,19,20). The highest BCUT2D eigenvalue weighted by Gasteiger charge is 2.39. The number of carboxylic acids is 1. The van der Waals surface area contributed by atoms with Crippen molar-refractivity contribution >= 4 is 11.9 Å². The van der Waals surface area contributed by atoms with Gasteiger partial charge in [0.1, 0.15) is 0 Å². The highest BCUT2D eigenvalue weighted by molar-refractivity contribution is 5.95. The smallest absolute Gasteiger partial charge is 0.335 e. The third-order valence-electron chi connectivity index (χ3n) is 4.80. The Bertz CT molecular complexity index is 523. The third kappa shape index (κ3) is 2.55. The lowest BCUT2D eigenvalue weighted by atomic mass is 9.89. The van der Waals surface area contributed by atoms with Crippen molar-refractivity contribution in [3.8, 4) is 0 Å². The molecule has 106 valence electrons. The van der Waals surface area contributed by atoms with Gasteiger partial charge in [-0.1, -0.05) is 6.42 Å². The number of carbonyl (C=O) groups excluding carboxylic acids is 1. The van der Waals surface area contributed by atoms with E-state index in [2.05, 4.69) is 5.32 Å². The van der Waals surface area contributed by atoms with Crippen LogP contribution in [0.1, 0.15) is 46.4 Å². The largest absolute Gasteiger partial charge is 0.478 e. The Balaban J connectivity index is 1.55. The highest BCUT2D eigenvalue weighted by Crippen LogP contribution is 2.47. The van der Waals surface area contributed by atoms with Crippen molar-refractivity contribution in [1.82, 2.24) is 5.32 Å². The first-order valence-corrected chi connectivity index (χ1v) is 7.25. The average molecular weight is 273 g/mol. The summed E-state index contributed by atoms with van der Waals surface area (Å²) in [5.74, 6) is 1.24. The zero-order chi connectivity index (χ0) is 14.1. The molecule has 0 aliphatic heterocycles. The second kappa shape index (κ2) is 5.27. The Kier molecular flexibility index (Phi) is 3.47. The second-order valence-corrected chi connectivity index (χ2v) is 6.03. The number of fused-ring (bicyclic) bond motifs is 2. The number of amides is 1. The first kappa shape index (κ1) is 13.2. The Morgan fingerprint density at radius 1 is 1.10 bits per heavy atom. The van der Waals surface area contributed by atoms with E-state index in [0.717, 1.165) is 18.4 Å². The van der Waals surface area contributed by atoms with Gasteiger partial charge in [0.15, 0.2) is 0 Å². The fraction of sp³-hybridized carbons (Fsp3) is 0.500. The van der Waals surface area contributed by atoms with E-state index in [0.29, 0.717) is 11.5 Å². The summed E-state index contributed by atoms with van der Waals surface area (Å²) in [6.45, 7) is 0.751. The first-order valence-electron chi connectivity index (χ1n) is 7.25. The Morgan fingerprint density at radius 2 is 1.80 bits per heavy atom. The predicted molar refractivity (Wildman–Crippen MR) is 74.7 cm³/mol. The lowest BCUT2D eigenvalue weighted by molar-refractivity contribution is 0.0696. The van der Waals surface area contributed by atoms with Crippen LogP contribution in [0.2, 0.25) is 0 Å². The molecule has 3 rings (SSSR count). The zero-order valence-corrected chi connectivity index (χ0v) is 11.3. The van der Waals surface area contributed by atoms with E-state index in [-0.39, 0.29) is 11.5 Å². The van der Waals surface area contributed by atoms with Crippen LogP contribution in [-0.4, -0.2) is 23.5 Å². The van der Waals surface area contributed by atoms with Crippen LogP contribution in [0.15, 0.2) is 24.3 Å². The number of carbonyl (C=O) groups is 2. The van der Waals surface area contributed by atoms with Gasteiger partial charge in [-0.3, -0.25) is 4.79 Å². The average Bonchev–Trinajstić information content (AvgIpc) is 3.07. The van der Waals surface area contributed by atoms with E-state index in [4.69, 9.17) is 5.11 Å². The molecule has 4 nitrogen and oxygen atoms in total. The first-order chi connectivity index (χ1) is 9.63. The fourth-order valence-corrected chi connectivity index (χ4v) is 3.72. The minimum Gasteiger partial charge on any atom is -0.478 e. The van der Waals surface area contributed by atoms with Gasteiger partial charge in [0.2, 0.25) is 0 Å². The topological polar surface area (TPSA) is 66.4 Å². The van der Waals surface area contributed by atoms with Crippen molar-refractivity contribution in [1.29, 1.82) is 0 Å². The van der Waals surface area contributed by atoms with E-state index >= 15 is 0 Å². The van der Waals surface area contributed by atoms with Gasteiger partial charge in [0.25, 0.3) is 5.91 Å². The molecule has 4 heteroatoms. The molecule has 1 aromatic rings. The van der Waals surface area contributed by atoms with E-state index < -0.39 is 5.97 Å². The molecule has 0 heterocycles. The van der Waals surface area contributed by atoms with Gasteiger partial charge in [0.05, 0.1) is 5.56 Å². The molecule has 2 aliphatic carbocycles. The van der Waals surface area contributed by atoms with Gasteiger partial charge >= 0.3 is 5.97 Å². The number of carboxylic acid groups (broad SMARTS) is 1. The summed E-state index contributed by atoms with van der Waals surface area (Å²) < 4.78 is 0. The van der Waals surface area contributed by atoms with Gasteiger partial charge in [0, 0.05) is 12.1 Å². The van der Waals surface area contributed by atoms with Crippen molar-refractivity contribution in [2.75, 3.05) is 6.54 Å². The van der Waals surface area contributed by atoms with Gasteiger partial charge in [-0.25, -0.2) is 4.79 Å². The van der Waals surface area contributed by atoms with E-state index in [1.807, 2.05) is 0 Å². The Labute approximate surface area is 118 Å². The molecule has 2 bridgehead atoms. The SMILES string of the molecule is O=C(O)c1ccc(C(=O)NCC2CC3CCC2C3)cc1. The van der Waals surface area contributed by atoms with Crippen LogP contribution < -0.4 is 5.32 Å². The lowest BCUT2D eigenvalue weighted by Gasteiger charge is -2.21. The van der Waals surface area contributed by atoms with Crippen LogP contribution in [-0.2, 0) is 0 Å². The van der Waals surface area contributed by atoms with Crippen molar-refractivity contribution in [2.45, 2.75) is 25.7 Å². The molecule has 3 unspecified atom stereocenters. The molecule has 2 fully saturated rings. The quantitative estimate of drug-likeness (QED) is 0.886. The molecule has 20 heavy (non-hydrogen) atoms. The van der Waals surface area contributed by atoms with Crippen LogP contribution in [0, 0.1) is 17.8 Å². The van der Waals surface area contributed by atoms with Gasteiger partial charge in [-0.05, 0) is 61.3 Å². The molecule has 2 N–H and O–H groups in total. The molecule has 2 aliphatic rings. The van der Waals surface area contributed by atoms with Gasteiger partial charge in [-0.2, -0.15) is 0 Å². The van der Waals surface area contributed by atoms with E-state index in [1.165, 1.54) is 37.8 Å². The van der Waals surface area contributed by atoms with Crippen LogP contribution in [0.25, 0.3) is 0 Å². The highest BCUT2D eigenvalue weighted by atomic mass is 16.4. The van der Waals surface area contributed by atoms with Crippen molar-refractivity contribution in [2.24, 2.45) is 17.8 Å². The fourth-order valence-electron chi connectivity index (χ4n) is 3.72. The molecule has 1 aromatic carbocycles. The van der Waals surface area contributed by atoms with Crippen LogP contribution in [0.4, 0.5) is 0 Å². The number of hydrogen-bond acceptors (Lipinski definition) is 2. The second-order valence-electron chi connectivity index (χ2n) is 6.03. The zero-order valence-electron chi connectivity index (χ0n) is 11.3. The van der Waals surface area contributed by atoms with Crippen LogP contribution >= 0.6 is 0 Å². The monoisotopic (exact) mass is 273 g/mol. The maximum Gasteiger partial charge on any atom is 0.335 e. The van der Waals surface area contributed by atoms with Crippen molar-refractivity contribution in [3.63, 3.8) is 0 Å². The number of aromatic carboxylic acids is 1. The molecule has 0 radical (unpaired) electrons. The Morgan fingerprint density at radius 3 is 2.35 bits per heavy atom. The van der Waals surface area contributed by atoms with E-state index in [1.54, 1.807) is 12.1 Å². The predicted octanol–water partition coefficient (Wildman–Crippen LogP) is 2.55. The summed E-state index contributed by atoms with van der Waals surface area (Å²) >= 11 is 0. The summed E-state index contributed by atoms with van der Waals surface area (Å²) in [5, 5.41) is 11.8. The van der Waals surface area contributed by atoms with Crippen LogP contribution in [0.3, 0.4) is 0 Å². The van der Waals surface area contributed by atoms with E-state index in [9.17, 15) is 9.59 Å². The molecule has 0 spiro atoms. The normalized spacial score (nSPS) is 27.5. The summed E-state index contributed by atoms with van der Waals surface area (Å²) in [7, 11) is 0. The number of hydrogen-bond donors (Lipinski definition) is 2. The summed E-state index contributed by atoms with van der Waals surface area (Å²) in [6.07, 6.45) is 5.28. The van der Waals surface area contributed by atoms with Gasteiger partial charge in [-0.15, -0.1) is 0 Å². The molecule has 1 amide bonds. The van der Waals surface area contributed by atoms with Crippen LogP contribution in [0.5, 0.6) is 0 Å². The van der Waals surface area contributed by atoms with Crippen molar-refractivity contribution < 1.29 is 14.7 Å². The third-order valence-corrected chi connectivity index (χ3v) is 4.80. The minimum absolute atomic E-state index is 0.107. The summed E-state index contributed by atoms with van der Waals surface area (Å²) in [6, 6.07) is 6.07. The molecule has 2 saturated carbocycles. The number of nitrogens with one attached hydrogen (secondary N) is 1. The lowest BCUT2D eigenvalue weighted by Crippen LogP contribution is -2.31. The molecular weight excluding hydrogens is 254 g/mol. The minimum atomic E-state index is -0.973. The maximum atomic E-state index is 12.0. The number of rotatable bonds is 4. The molecular formula is C16H19NO3.